The number of thiazole rings is 1. The Morgan fingerprint density at radius 2 is 2.21 bits per heavy atom. The first kappa shape index (κ1) is 14.9. The number of nitrogens with one attached hydrogen (secondary N) is 1. The molecule has 0 amide bonds. The van der Waals surface area contributed by atoms with Crippen LogP contribution in [-0.2, 0) is 16.6 Å². The van der Waals surface area contributed by atoms with E-state index in [1.54, 1.807) is 11.3 Å². The number of nitrogens with zero attached hydrogens (tertiary/aromatic N) is 2. The topological polar surface area (TPSA) is 62.3 Å². The van der Waals surface area contributed by atoms with Crippen molar-refractivity contribution < 1.29 is 8.42 Å². The average Bonchev–Trinajstić information content (AvgIpc) is 2.83. The summed E-state index contributed by atoms with van der Waals surface area (Å²) in [7, 11) is -3.07. The fourth-order valence-electron chi connectivity index (χ4n) is 2.42. The lowest BCUT2D eigenvalue weighted by Crippen LogP contribution is -2.30. The van der Waals surface area contributed by atoms with E-state index in [-0.39, 0.29) is 0 Å². The summed E-state index contributed by atoms with van der Waals surface area (Å²) in [6, 6.07) is 0. The third-order valence-corrected chi connectivity index (χ3v) is 5.12. The smallest absolute Gasteiger partial charge is 0.208 e. The van der Waals surface area contributed by atoms with Gasteiger partial charge in [0.15, 0.2) is 0 Å². The van der Waals surface area contributed by atoms with Crippen LogP contribution in [0.5, 0.6) is 0 Å². The minimum Gasteiger partial charge on any atom is -0.298 e. The van der Waals surface area contributed by atoms with E-state index in [4.69, 9.17) is 0 Å². The van der Waals surface area contributed by atoms with Gasteiger partial charge in [-0.1, -0.05) is 0 Å². The van der Waals surface area contributed by atoms with E-state index in [9.17, 15) is 8.42 Å². The molecule has 1 aromatic rings. The molecule has 0 unspecified atom stereocenters. The maximum atomic E-state index is 11.1. The molecule has 5 nitrogen and oxygen atoms in total. The van der Waals surface area contributed by atoms with Crippen LogP contribution in [0.1, 0.15) is 22.0 Å². The summed E-state index contributed by atoms with van der Waals surface area (Å²) in [6.45, 7) is 7.57. The molecular formula is C12H21N3O2S2. The van der Waals surface area contributed by atoms with Crippen molar-refractivity contribution in [2.24, 2.45) is 5.92 Å². The van der Waals surface area contributed by atoms with Crippen molar-refractivity contribution in [1.82, 2.24) is 14.6 Å². The molecule has 0 radical (unpaired) electrons. The number of hydrogen-bond acceptors (Lipinski definition) is 5. The van der Waals surface area contributed by atoms with Crippen molar-refractivity contribution in [2.75, 3.05) is 25.9 Å². The van der Waals surface area contributed by atoms with Gasteiger partial charge in [-0.25, -0.2) is 18.1 Å². The Bertz CT molecular complexity index is 539. The molecule has 0 bridgehead atoms. The summed E-state index contributed by atoms with van der Waals surface area (Å²) >= 11 is 1.76. The fraction of sp³-hybridized carbons (Fsp3) is 0.750. The summed E-state index contributed by atoms with van der Waals surface area (Å²) in [5.74, 6) is 0.420. The highest BCUT2D eigenvalue weighted by Crippen LogP contribution is 2.23. The number of likely N-dealkylation sites (tertiary alicyclic amines) is 1. The van der Waals surface area contributed by atoms with E-state index in [0.717, 1.165) is 36.8 Å². The molecule has 7 heteroatoms. The van der Waals surface area contributed by atoms with E-state index in [1.807, 2.05) is 6.92 Å². The van der Waals surface area contributed by atoms with E-state index >= 15 is 0 Å². The van der Waals surface area contributed by atoms with Gasteiger partial charge in [-0.3, -0.25) is 4.90 Å². The quantitative estimate of drug-likeness (QED) is 0.886. The van der Waals surface area contributed by atoms with Crippen molar-refractivity contribution >= 4 is 21.4 Å². The summed E-state index contributed by atoms with van der Waals surface area (Å²) in [5, 5.41) is 1.11. The molecule has 1 saturated heterocycles. The Balaban J connectivity index is 1.84. The zero-order valence-corrected chi connectivity index (χ0v) is 13.3. The van der Waals surface area contributed by atoms with Crippen LogP contribution in [0.25, 0.3) is 0 Å². The second-order valence-corrected chi connectivity index (χ2v) is 8.37. The SMILES string of the molecule is Cc1nc(C)c(CN2CC[C@@H](CNS(C)(=O)=O)C2)s1. The van der Waals surface area contributed by atoms with Gasteiger partial charge < -0.3 is 0 Å². The van der Waals surface area contributed by atoms with Gasteiger partial charge in [0, 0.05) is 24.5 Å². The molecule has 1 aliphatic rings. The third-order valence-electron chi connectivity index (χ3n) is 3.37. The number of rotatable bonds is 5. The van der Waals surface area contributed by atoms with E-state index in [1.165, 1.54) is 11.1 Å². The number of sulfonamides is 1. The largest absolute Gasteiger partial charge is 0.298 e. The number of aromatic nitrogens is 1. The molecule has 0 aromatic carbocycles. The van der Waals surface area contributed by atoms with Crippen molar-refractivity contribution in [1.29, 1.82) is 0 Å². The molecule has 1 atom stereocenters. The van der Waals surface area contributed by atoms with Crippen LogP contribution in [0.2, 0.25) is 0 Å². The summed E-state index contributed by atoms with van der Waals surface area (Å²) < 4.78 is 24.8. The van der Waals surface area contributed by atoms with Crippen LogP contribution in [0.3, 0.4) is 0 Å². The van der Waals surface area contributed by atoms with Gasteiger partial charge in [0.25, 0.3) is 0 Å². The Labute approximate surface area is 119 Å². The van der Waals surface area contributed by atoms with Crippen LogP contribution in [0, 0.1) is 19.8 Å². The van der Waals surface area contributed by atoms with E-state index < -0.39 is 10.0 Å². The number of hydrogen-bond donors (Lipinski definition) is 1. The van der Waals surface area contributed by atoms with Gasteiger partial charge in [-0.2, -0.15) is 0 Å². The molecule has 0 aliphatic carbocycles. The van der Waals surface area contributed by atoms with Crippen molar-refractivity contribution in [3.05, 3.63) is 15.6 Å². The molecule has 1 aromatic heterocycles. The van der Waals surface area contributed by atoms with Crippen molar-refractivity contribution in [3.8, 4) is 0 Å². The predicted octanol–water partition coefficient (Wildman–Crippen LogP) is 1.13. The second-order valence-electron chi connectivity index (χ2n) is 5.25. The lowest BCUT2D eigenvalue weighted by Gasteiger charge is -2.15. The molecule has 2 rings (SSSR count). The summed E-state index contributed by atoms with van der Waals surface area (Å²) in [5.41, 5.74) is 1.13. The maximum absolute atomic E-state index is 11.1. The molecule has 2 heterocycles. The zero-order valence-electron chi connectivity index (χ0n) is 11.6. The first-order valence-corrected chi connectivity index (χ1v) is 9.14. The minimum atomic E-state index is -3.07. The van der Waals surface area contributed by atoms with Crippen LogP contribution in [0.15, 0.2) is 0 Å². The summed E-state index contributed by atoms with van der Waals surface area (Å²) in [4.78, 5) is 8.15. The molecular weight excluding hydrogens is 282 g/mol. The maximum Gasteiger partial charge on any atom is 0.208 e. The molecule has 19 heavy (non-hydrogen) atoms. The molecule has 1 N–H and O–H groups in total. The van der Waals surface area contributed by atoms with Gasteiger partial charge in [-0.15, -0.1) is 11.3 Å². The molecule has 0 saturated carbocycles. The van der Waals surface area contributed by atoms with Crippen molar-refractivity contribution in [3.63, 3.8) is 0 Å². The van der Waals surface area contributed by atoms with Crippen LogP contribution in [0.4, 0.5) is 0 Å². The monoisotopic (exact) mass is 303 g/mol. The van der Waals surface area contributed by atoms with Gasteiger partial charge >= 0.3 is 0 Å². The molecule has 0 spiro atoms. The normalized spacial score (nSPS) is 21.1. The lowest BCUT2D eigenvalue weighted by molar-refractivity contribution is 0.318. The van der Waals surface area contributed by atoms with Crippen molar-refractivity contribution in [2.45, 2.75) is 26.8 Å². The van der Waals surface area contributed by atoms with Crippen LogP contribution in [-0.4, -0.2) is 44.2 Å². The average molecular weight is 303 g/mol. The number of aryl methyl sites for hydroxylation is 2. The third kappa shape index (κ3) is 4.52. The lowest BCUT2D eigenvalue weighted by atomic mass is 10.1. The highest BCUT2D eigenvalue weighted by Gasteiger charge is 2.24. The summed E-state index contributed by atoms with van der Waals surface area (Å²) in [6.07, 6.45) is 2.27. The molecule has 108 valence electrons. The predicted molar refractivity (Wildman–Crippen MR) is 77.8 cm³/mol. The van der Waals surface area contributed by atoms with E-state index in [2.05, 4.69) is 21.5 Å². The second kappa shape index (κ2) is 5.87. The van der Waals surface area contributed by atoms with Crippen LogP contribution < -0.4 is 4.72 Å². The first-order valence-electron chi connectivity index (χ1n) is 6.43. The Morgan fingerprint density at radius 3 is 2.79 bits per heavy atom. The Hall–Kier alpha value is -0.500. The molecule has 1 fully saturated rings. The Morgan fingerprint density at radius 1 is 1.47 bits per heavy atom. The van der Waals surface area contributed by atoms with Gasteiger partial charge in [-0.05, 0) is 32.7 Å². The van der Waals surface area contributed by atoms with Gasteiger partial charge in [0.2, 0.25) is 10.0 Å². The zero-order chi connectivity index (χ0) is 14.0. The van der Waals surface area contributed by atoms with Crippen LogP contribution >= 0.6 is 11.3 Å². The van der Waals surface area contributed by atoms with Gasteiger partial charge in [0.1, 0.15) is 0 Å². The minimum absolute atomic E-state index is 0.420. The first-order chi connectivity index (χ1) is 8.83. The molecule has 1 aliphatic heterocycles. The Kier molecular flexibility index (Phi) is 4.60. The highest BCUT2D eigenvalue weighted by molar-refractivity contribution is 7.88. The fourth-order valence-corrected chi connectivity index (χ4v) is 3.93. The highest BCUT2D eigenvalue weighted by atomic mass is 32.2. The van der Waals surface area contributed by atoms with Gasteiger partial charge in [0.05, 0.1) is 17.0 Å². The van der Waals surface area contributed by atoms with E-state index in [0.29, 0.717) is 12.5 Å². The standard InChI is InChI=1S/C12H21N3O2S2/c1-9-12(18-10(2)14-9)8-15-5-4-11(7-15)6-13-19(3,16)17/h11,13H,4-8H2,1-3H3/t11-/m0/s1.